The molecule has 0 amide bonds. The van der Waals surface area contributed by atoms with E-state index in [0.717, 1.165) is 11.1 Å². The lowest BCUT2D eigenvalue weighted by Gasteiger charge is -2.65. The van der Waals surface area contributed by atoms with Crippen molar-refractivity contribution in [3.63, 3.8) is 0 Å². The van der Waals surface area contributed by atoms with Crippen LogP contribution in [0.1, 0.15) is 33.1 Å². The van der Waals surface area contributed by atoms with Gasteiger partial charge in [0.15, 0.2) is 0 Å². The minimum absolute atomic E-state index is 0.000565. The summed E-state index contributed by atoms with van der Waals surface area (Å²) >= 11 is 0. The summed E-state index contributed by atoms with van der Waals surface area (Å²) in [5.41, 5.74) is 1.28. The van der Waals surface area contributed by atoms with Gasteiger partial charge in [-0.2, -0.15) is 0 Å². The van der Waals surface area contributed by atoms with Gasteiger partial charge in [0.2, 0.25) is 0 Å². The Labute approximate surface area is 223 Å². The second kappa shape index (κ2) is 7.56. The second-order valence-electron chi connectivity index (χ2n) is 11.8. The van der Waals surface area contributed by atoms with Crippen LogP contribution in [0.5, 0.6) is 0 Å². The fourth-order valence-electron chi connectivity index (χ4n) is 9.32. The highest BCUT2D eigenvalue weighted by Crippen LogP contribution is 2.69. The van der Waals surface area contributed by atoms with Gasteiger partial charge in [-0.25, -0.2) is 9.59 Å². The number of carbonyl (C=O) groups is 4. The molecular weight excluding hydrogens is 508 g/mol. The molecule has 0 radical (unpaired) electrons. The highest BCUT2D eigenvalue weighted by molar-refractivity contribution is 5.99. The summed E-state index contributed by atoms with van der Waals surface area (Å²) in [5.74, 6) is -2.46. The Morgan fingerprint density at radius 2 is 1.69 bits per heavy atom. The van der Waals surface area contributed by atoms with Crippen LogP contribution in [0.25, 0.3) is 0 Å². The molecular formula is C29H28O10. The van der Waals surface area contributed by atoms with E-state index in [1.54, 1.807) is 6.92 Å². The molecule has 9 rings (SSSR count). The van der Waals surface area contributed by atoms with Gasteiger partial charge in [-0.3, -0.25) is 9.59 Å². The molecule has 6 aliphatic heterocycles. The van der Waals surface area contributed by atoms with Gasteiger partial charge in [0, 0.05) is 29.7 Å². The number of cyclic esters (lactones) is 3. The largest absolute Gasteiger partial charge is 0.465 e. The van der Waals surface area contributed by atoms with Crippen LogP contribution in [0.15, 0.2) is 45.1 Å². The average molecular weight is 537 g/mol. The molecule has 6 heterocycles. The molecule has 0 aromatic carbocycles. The second-order valence-corrected chi connectivity index (χ2v) is 11.8. The standard InChI is InChI=1S/C29H28O10/c1-11-14(9-30)15-3-6-36-27(34)29(15)23(31)22-19-13(10-37-26(22)33)8-28-12(2)39-18(7-17(28)21(19)24(29)38-11)20-16(28)4-5-35-25(20)32/h8-9,11-12,17-18,21,23-24,31H,3-7,10H2,1-2H3/t11-,12?,17-,18-,21-,23-,24-,28-,29-/m1/s1. The molecule has 0 aromatic heterocycles. The maximum absolute atomic E-state index is 13.9. The van der Waals surface area contributed by atoms with Crippen LogP contribution in [0.2, 0.25) is 0 Å². The normalized spacial score (nSPS) is 45.7. The van der Waals surface area contributed by atoms with E-state index in [1.165, 1.54) is 0 Å². The topological polar surface area (TPSA) is 135 Å². The Balaban J connectivity index is 1.45. The molecule has 2 bridgehead atoms. The first-order valence-corrected chi connectivity index (χ1v) is 13.7. The van der Waals surface area contributed by atoms with Crippen molar-refractivity contribution in [3.05, 3.63) is 45.1 Å². The number of rotatable bonds is 1. The fourth-order valence-corrected chi connectivity index (χ4v) is 9.32. The van der Waals surface area contributed by atoms with Gasteiger partial charge in [-0.05, 0) is 48.5 Å². The number of esters is 3. The van der Waals surface area contributed by atoms with Crippen molar-refractivity contribution in [2.24, 2.45) is 22.7 Å². The monoisotopic (exact) mass is 536 g/mol. The summed E-state index contributed by atoms with van der Waals surface area (Å²) in [6, 6.07) is 0. The summed E-state index contributed by atoms with van der Waals surface area (Å²) in [6.45, 7) is 4.11. The predicted molar refractivity (Wildman–Crippen MR) is 128 cm³/mol. The quantitative estimate of drug-likeness (QED) is 0.294. The third-order valence-corrected chi connectivity index (χ3v) is 10.7. The SMILES string of the molecule is CC1O[C@@H]2C[C@@H]3[C@@H]4C5=C(C(=O)OCC5=C[C@]13C1=C2C(=O)OCC1)[C@@H](O)[C@]12C(=O)OCCC1=C(C=O)[C@@H](C)O[C@H]42. The molecule has 9 atom stereocenters. The lowest BCUT2D eigenvalue weighted by atomic mass is 9.44. The Kier molecular flexibility index (Phi) is 4.61. The van der Waals surface area contributed by atoms with E-state index in [-0.39, 0.29) is 49.8 Å². The summed E-state index contributed by atoms with van der Waals surface area (Å²) in [6.07, 6.45) is 0.120. The number of aldehydes is 1. The molecule has 2 fully saturated rings. The smallest absolute Gasteiger partial charge is 0.337 e. The van der Waals surface area contributed by atoms with Crippen LogP contribution in [-0.4, -0.2) is 79.6 Å². The van der Waals surface area contributed by atoms with Crippen molar-refractivity contribution < 1.29 is 48.0 Å². The molecule has 2 saturated heterocycles. The number of hydrogen-bond donors (Lipinski definition) is 1. The summed E-state index contributed by atoms with van der Waals surface area (Å²) < 4.78 is 29.6. The van der Waals surface area contributed by atoms with Crippen LogP contribution >= 0.6 is 0 Å². The average Bonchev–Trinajstić information content (AvgIpc) is 2.91. The Hall–Kier alpha value is -3.08. The molecule has 3 aliphatic carbocycles. The maximum atomic E-state index is 13.9. The van der Waals surface area contributed by atoms with Crippen molar-refractivity contribution in [1.82, 2.24) is 0 Å². The van der Waals surface area contributed by atoms with E-state index in [0.29, 0.717) is 41.4 Å². The Morgan fingerprint density at radius 3 is 2.49 bits per heavy atom. The number of fused-ring (bicyclic) bond motifs is 2. The van der Waals surface area contributed by atoms with Crippen LogP contribution in [0.3, 0.4) is 0 Å². The molecule has 204 valence electrons. The number of aliphatic hydroxyl groups is 1. The van der Waals surface area contributed by atoms with Gasteiger partial charge in [-0.1, -0.05) is 6.08 Å². The van der Waals surface area contributed by atoms with Gasteiger partial charge in [-0.15, -0.1) is 0 Å². The van der Waals surface area contributed by atoms with E-state index < -0.39 is 53.1 Å². The van der Waals surface area contributed by atoms with Crippen molar-refractivity contribution in [2.75, 3.05) is 19.8 Å². The van der Waals surface area contributed by atoms with Crippen LogP contribution in [-0.2, 0) is 42.9 Å². The summed E-state index contributed by atoms with van der Waals surface area (Å²) in [7, 11) is 0. The lowest BCUT2D eigenvalue weighted by molar-refractivity contribution is -0.211. The summed E-state index contributed by atoms with van der Waals surface area (Å²) in [4.78, 5) is 52.4. The zero-order chi connectivity index (χ0) is 27.0. The van der Waals surface area contributed by atoms with Crippen molar-refractivity contribution in [3.8, 4) is 0 Å². The van der Waals surface area contributed by atoms with E-state index in [4.69, 9.17) is 23.7 Å². The van der Waals surface area contributed by atoms with E-state index in [9.17, 15) is 24.3 Å². The van der Waals surface area contributed by atoms with Gasteiger partial charge in [0.25, 0.3) is 0 Å². The molecule has 1 N–H and O–H groups in total. The first kappa shape index (κ1) is 23.8. The Bertz CT molecular complexity index is 1410. The zero-order valence-electron chi connectivity index (χ0n) is 21.6. The van der Waals surface area contributed by atoms with E-state index >= 15 is 0 Å². The number of hydrogen-bond acceptors (Lipinski definition) is 10. The number of carbonyl (C=O) groups excluding carboxylic acids is 4. The van der Waals surface area contributed by atoms with E-state index in [1.807, 2.05) is 6.92 Å². The number of ether oxygens (including phenoxy) is 5. The van der Waals surface area contributed by atoms with Crippen molar-refractivity contribution in [1.29, 1.82) is 0 Å². The van der Waals surface area contributed by atoms with Crippen molar-refractivity contribution in [2.45, 2.75) is 63.6 Å². The van der Waals surface area contributed by atoms with Gasteiger partial charge in [0.1, 0.15) is 24.4 Å². The lowest BCUT2D eigenvalue weighted by Crippen LogP contribution is -2.70. The maximum Gasteiger partial charge on any atom is 0.337 e. The summed E-state index contributed by atoms with van der Waals surface area (Å²) in [5, 5.41) is 12.0. The van der Waals surface area contributed by atoms with Crippen LogP contribution < -0.4 is 0 Å². The third-order valence-electron chi connectivity index (χ3n) is 10.7. The number of aliphatic hydroxyl groups excluding tert-OH is 1. The minimum Gasteiger partial charge on any atom is -0.465 e. The van der Waals surface area contributed by atoms with Crippen LogP contribution in [0.4, 0.5) is 0 Å². The molecule has 39 heavy (non-hydrogen) atoms. The highest BCUT2D eigenvalue weighted by Gasteiger charge is 2.73. The molecule has 10 nitrogen and oxygen atoms in total. The molecule has 0 saturated carbocycles. The van der Waals surface area contributed by atoms with E-state index in [2.05, 4.69) is 6.08 Å². The van der Waals surface area contributed by atoms with Crippen LogP contribution in [0, 0.1) is 22.7 Å². The highest BCUT2D eigenvalue weighted by atomic mass is 16.6. The fraction of sp³-hybridized carbons (Fsp3) is 0.586. The first-order chi connectivity index (χ1) is 18.8. The van der Waals surface area contributed by atoms with Gasteiger partial charge < -0.3 is 28.8 Å². The van der Waals surface area contributed by atoms with Gasteiger partial charge >= 0.3 is 17.9 Å². The van der Waals surface area contributed by atoms with Gasteiger partial charge in [0.05, 0.1) is 48.8 Å². The predicted octanol–water partition coefficient (Wildman–Crippen LogP) is 1.02. The first-order valence-electron chi connectivity index (χ1n) is 13.7. The molecule has 0 aromatic rings. The molecule has 2 spiro atoms. The Morgan fingerprint density at radius 1 is 0.949 bits per heavy atom. The molecule has 9 aliphatic rings. The minimum atomic E-state index is -1.76. The molecule has 1 unspecified atom stereocenters. The zero-order valence-corrected chi connectivity index (χ0v) is 21.6. The molecule has 10 heteroatoms. The van der Waals surface area contributed by atoms with Crippen molar-refractivity contribution >= 4 is 24.2 Å². The third kappa shape index (κ3) is 2.50.